The van der Waals surface area contributed by atoms with Crippen molar-refractivity contribution in [2.75, 3.05) is 25.5 Å². The zero-order chi connectivity index (χ0) is 17.4. The van der Waals surface area contributed by atoms with Crippen LogP contribution >= 0.6 is 35.6 Å². The van der Waals surface area contributed by atoms with E-state index in [2.05, 4.69) is 20.6 Å². The molecule has 0 saturated carbocycles. The topological polar surface area (TPSA) is 52.6 Å². The van der Waals surface area contributed by atoms with Crippen molar-refractivity contribution in [1.82, 2.24) is 15.6 Å². The maximum absolute atomic E-state index is 6.01. The van der Waals surface area contributed by atoms with Crippen LogP contribution in [0.5, 0.6) is 0 Å². The van der Waals surface area contributed by atoms with Crippen molar-refractivity contribution in [2.45, 2.75) is 20.0 Å². The molecule has 1 aromatic carbocycles. The molecule has 0 saturated heterocycles. The molecule has 2 N–H and O–H groups in total. The van der Waals surface area contributed by atoms with E-state index in [0.717, 1.165) is 34.6 Å². The highest BCUT2D eigenvalue weighted by atomic mass is 127. The van der Waals surface area contributed by atoms with E-state index >= 15 is 0 Å². The van der Waals surface area contributed by atoms with Crippen LogP contribution in [0.15, 0.2) is 47.5 Å². The molecular weight excluding hydrogens is 449 g/mol. The van der Waals surface area contributed by atoms with Gasteiger partial charge in [0.1, 0.15) is 5.82 Å². The van der Waals surface area contributed by atoms with Crippen molar-refractivity contribution in [3.8, 4) is 0 Å². The largest absolute Gasteiger partial charge is 0.363 e. The maximum Gasteiger partial charge on any atom is 0.191 e. The Morgan fingerprint density at radius 1 is 1.16 bits per heavy atom. The van der Waals surface area contributed by atoms with Crippen LogP contribution in [-0.4, -0.2) is 31.6 Å². The summed E-state index contributed by atoms with van der Waals surface area (Å²) in [6.07, 6.45) is 0. The van der Waals surface area contributed by atoms with Gasteiger partial charge < -0.3 is 15.5 Å². The number of nitrogens with zero attached hydrogens (tertiary/aromatic N) is 3. The molecule has 0 radical (unpaired) electrons. The molecule has 5 nitrogen and oxygen atoms in total. The Bertz CT molecular complexity index is 691. The van der Waals surface area contributed by atoms with Gasteiger partial charge in [-0.15, -0.1) is 24.0 Å². The lowest BCUT2D eigenvalue weighted by Crippen LogP contribution is -2.37. The third-order valence-electron chi connectivity index (χ3n) is 3.34. The van der Waals surface area contributed by atoms with Gasteiger partial charge in [0.2, 0.25) is 0 Å². The monoisotopic (exact) mass is 473 g/mol. The summed E-state index contributed by atoms with van der Waals surface area (Å²) in [5.41, 5.74) is 2.04. The first-order chi connectivity index (χ1) is 11.6. The second-order valence-electron chi connectivity index (χ2n) is 5.56. The van der Waals surface area contributed by atoms with E-state index in [-0.39, 0.29) is 24.0 Å². The van der Waals surface area contributed by atoms with Crippen molar-refractivity contribution >= 4 is 47.4 Å². The number of guanidine groups is 1. The van der Waals surface area contributed by atoms with Crippen LogP contribution in [0.2, 0.25) is 5.02 Å². The Balaban J connectivity index is 0.00000312. The van der Waals surface area contributed by atoms with E-state index in [0.29, 0.717) is 13.1 Å². The standard InChI is InChI=1S/C18H24ClN5.HI/c1-4-20-18(21-12-14-7-5-8-15(19)11-14)22-13-16-9-6-10-17(23-16)24(2)3;/h5-11H,4,12-13H2,1-3H3,(H2,20,21,22);1H. The zero-order valence-electron chi connectivity index (χ0n) is 14.8. The minimum atomic E-state index is 0. The lowest BCUT2D eigenvalue weighted by atomic mass is 10.2. The summed E-state index contributed by atoms with van der Waals surface area (Å²) >= 11 is 6.01. The highest BCUT2D eigenvalue weighted by Gasteiger charge is 2.02. The number of benzene rings is 1. The number of hydrogen-bond acceptors (Lipinski definition) is 3. The Morgan fingerprint density at radius 3 is 2.60 bits per heavy atom. The third-order valence-corrected chi connectivity index (χ3v) is 3.58. The molecule has 1 aromatic heterocycles. The van der Waals surface area contributed by atoms with Gasteiger partial charge in [0.25, 0.3) is 0 Å². The normalized spacial score (nSPS) is 10.8. The molecule has 0 unspecified atom stereocenters. The number of aromatic nitrogens is 1. The van der Waals surface area contributed by atoms with Crippen LogP contribution in [0, 0.1) is 0 Å². The number of aliphatic imine (C=N–C) groups is 1. The van der Waals surface area contributed by atoms with Crippen LogP contribution in [0.4, 0.5) is 5.82 Å². The lowest BCUT2D eigenvalue weighted by Gasteiger charge is -2.14. The number of hydrogen-bond donors (Lipinski definition) is 2. The summed E-state index contributed by atoms with van der Waals surface area (Å²) in [6, 6.07) is 13.7. The fraction of sp³-hybridized carbons (Fsp3) is 0.333. The first-order valence-electron chi connectivity index (χ1n) is 7.98. The molecule has 0 aliphatic rings. The van der Waals surface area contributed by atoms with Crippen LogP contribution in [-0.2, 0) is 13.1 Å². The van der Waals surface area contributed by atoms with Gasteiger partial charge in [-0.3, -0.25) is 0 Å². The average Bonchev–Trinajstić information content (AvgIpc) is 2.57. The molecule has 7 heteroatoms. The molecule has 0 atom stereocenters. The van der Waals surface area contributed by atoms with Crippen molar-refractivity contribution in [1.29, 1.82) is 0 Å². The van der Waals surface area contributed by atoms with E-state index in [1.165, 1.54) is 0 Å². The first-order valence-corrected chi connectivity index (χ1v) is 8.36. The van der Waals surface area contributed by atoms with Gasteiger partial charge >= 0.3 is 0 Å². The minimum absolute atomic E-state index is 0. The molecule has 1 heterocycles. The molecule has 25 heavy (non-hydrogen) atoms. The summed E-state index contributed by atoms with van der Waals surface area (Å²) in [6.45, 7) is 4.03. The van der Waals surface area contributed by atoms with Gasteiger partial charge in [-0.25, -0.2) is 9.98 Å². The fourth-order valence-corrected chi connectivity index (χ4v) is 2.35. The summed E-state index contributed by atoms with van der Waals surface area (Å²) in [5, 5.41) is 7.28. The summed E-state index contributed by atoms with van der Waals surface area (Å²) in [4.78, 5) is 11.2. The average molecular weight is 474 g/mol. The van der Waals surface area contributed by atoms with E-state index in [9.17, 15) is 0 Å². The molecule has 2 aromatic rings. The number of nitrogens with one attached hydrogen (secondary N) is 2. The van der Waals surface area contributed by atoms with Crippen LogP contribution in [0.3, 0.4) is 0 Å². The van der Waals surface area contributed by atoms with Gasteiger partial charge in [-0.05, 0) is 36.8 Å². The molecule has 0 aliphatic carbocycles. The first kappa shape index (κ1) is 21.5. The second-order valence-corrected chi connectivity index (χ2v) is 6.00. The predicted molar refractivity (Wildman–Crippen MR) is 117 cm³/mol. The van der Waals surface area contributed by atoms with Crippen molar-refractivity contribution in [2.24, 2.45) is 4.99 Å². The highest BCUT2D eigenvalue weighted by molar-refractivity contribution is 14.0. The van der Waals surface area contributed by atoms with E-state index in [1.807, 2.05) is 68.4 Å². The Hall–Kier alpha value is -1.54. The molecular formula is C18H25ClIN5. The van der Waals surface area contributed by atoms with Gasteiger partial charge in [0.05, 0.1) is 18.8 Å². The smallest absolute Gasteiger partial charge is 0.191 e. The predicted octanol–water partition coefficient (Wildman–Crippen LogP) is 3.67. The number of pyridine rings is 1. The van der Waals surface area contributed by atoms with Gasteiger partial charge in [-0.1, -0.05) is 29.8 Å². The molecule has 0 bridgehead atoms. The number of anilines is 1. The maximum atomic E-state index is 6.01. The summed E-state index contributed by atoms with van der Waals surface area (Å²) in [7, 11) is 3.96. The van der Waals surface area contributed by atoms with Crippen LogP contribution in [0.1, 0.15) is 18.2 Å². The lowest BCUT2D eigenvalue weighted by molar-refractivity contribution is 0.798. The third kappa shape index (κ3) is 7.48. The molecule has 0 amide bonds. The van der Waals surface area contributed by atoms with Crippen molar-refractivity contribution in [3.05, 3.63) is 58.7 Å². The van der Waals surface area contributed by atoms with Crippen molar-refractivity contribution in [3.63, 3.8) is 0 Å². The van der Waals surface area contributed by atoms with Gasteiger partial charge in [-0.2, -0.15) is 0 Å². The van der Waals surface area contributed by atoms with E-state index in [1.54, 1.807) is 0 Å². The molecule has 0 aliphatic heterocycles. The Kier molecular flexibility index (Phi) is 9.59. The van der Waals surface area contributed by atoms with Crippen LogP contribution < -0.4 is 15.5 Å². The number of rotatable bonds is 6. The van der Waals surface area contributed by atoms with Crippen molar-refractivity contribution < 1.29 is 0 Å². The van der Waals surface area contributed by atoms with Gasteiger partial charge in [0, 0.05) is 25.7 Å². The van der Waals surface area contributed by atoms with Crippen LogP contribution in [0.25, 0.3) is 0 Å². The van der Waals surface area contributed by atoms with Gasteiger partial charge in [0.15, 0.2) is 5.96 Å². The molecule has 2 rings (SSSR count). The SMILES string of the molecule is CCNC(=NCc1cccc(Cl)c1)NCc1cccc(N(C)C)n1.I. The van der Waals surface area contributed by atoms with E-state index < -0.39 is 0 Å². The Labute approximate surface area is 171 Å². The molecule has 0 spiro atoms. The highest BCUT2D eigenvalue weighted by Crippen LogP contribution is 2.11. The summed E-state index contributed by atoms with van der Waals surface area (Å²) in [5.74, 6) is 1.70. The Morgan fingerprint density at radius 2 is 1.92 bits per heavy atom. The second kappa shape index (κ2) is 11.1. The minimum Gasteiger partial charge on any atom is -0.363 e. The molecule has 0 fully saturated rings. The number of halogens is 2. The summed E-state index contributed by atoms with van der Waals surface area (Å²) < 4.78 is 0. The quantitative estimate of drug-likeness (QED) is 0.382. The molecule has 136 valence electrons. The zero-order valence-corrected chi connectivity index (χ0v) is 17.9. The fourth-order valence-electron chi connectivity index (χ4n) is 2.14. The van der Waals surface area contributed by atoms with E-state index in [4.69, 9.17) is 11.6 Å².